The normalized spacial score (nSPS) is 10.1. The van der Waals surface area contributed by atoms with Crippen LogP contribution in [0.15, 0.2) is 48.5 Å². The molecule has 0 heterocycles. The zero-order chi connectivity index (χ0) is 21.4. The number of ether oxygens (including phenoxy) is 1. The molecule has 0 aromatic heterocycles. The zero-order valence-corrected chi connectivity index (χ0v) is 16.1. The van der Waals surface area contributed by atoms with E-state index in [1.807, 2.05) is 13.8 Å². The molecule has 1 N–H and O–H groups in total. The van der Waals surface area contributed by atoms with Crippen molar-refractivity contribution in [2.24, 2.45) is 0 Å². The molecule has 0 saturated heterocycles. The molecular formula is C20H21N3O6. The van der Waals surface area contributed by atoms with Crippen molar-refractivity contribution < 1.29 is 24.0 Å². The van der Waals surface area contributed by atoms with E-state index in [0.29, 0.717) is 24.3 Å². The highest BCUT2D eigenvalue weighted by molar-refractivity contribution is 5.98. The van der Waals surface area contributed by atoms with Crippen LogP contribution in [0.5, 0.6) is 0 Å². The molecule has 0 atom stereocenters. The Bertz CT molecular complexity index is 907. The van der Waals surface area contributed by atoms with Crippen molar-refractivity contribution in [1.82, 2.24) is 4.90 Å². The van der Waals surface area contributed by atoms with Gasteiger partial charge < -0.3 is 15.0 Å². The summed E-state index contributed by atoms with van der Waals surface area (Å²) in [5, 5.41) is 13.5. The largest absolute Gasteiger partial charge is 0.452 e. The number of rotatable bonds is 8. The number of nitro groups is 1. The number of nitrogens with one attached hydrogen (secondary N) is 1. The van der Waals surface area contributed by atoms with E-state index in [0.717, 1.165) is 0 Å². The number of para-hydroxylation sites is 1. The van der Waals surface area contributed by atoms with Crippen molar-refractivity contribution in [3.05, 3.63) is 69.8 Å². The molecule has 0 unspecified atom stereocenters. The lowest BCUT2D eigenvalue weighted by Crippen LogP contribution is -2.30. The minimum Gasteiger partial charge on any atom is -0.452 e. The van der Waals surface area contributed by atoms with Crippen molar-refractivity contribution in [3.8, 4) is 0 Å². The average Bonchev–Trinajstić information content (AvgIpc) is 2.73. The fourth-order valence-corrected chi connectivity index (χ4v) is 2.60. The van der Waals surface area contributed by atoms with Gasteiger partial charge in [0, 0.05) is 30.4 Å². The van der Waals surface area contributed by atoms with E-state index in [4.69, 9.17) is 4.74 Å². The molecule has 152 valence electrons. The summed E-state index contributed by atoms with van der Waals surface area (Å²) in [7, 11) is 0. The number of hydrogen-bond acceptors (Lipinski definition) is 6. The van der Waals surface area contributed by atoms with Gasteiger partial charge in [-0.2, -0.15) is 0 Å². The lowest BCUT2D eigenvalue weighted by Gasteiger charge is -2.18. The third-order valence-electron chi connectivity index (χ3n) is 4.12. The lowest BCUT2D eigenvalue weighted by molar-refractivity contribution is -0.385. The third-order valence-corrected chi connectivity index (χ3v) is 4.12. The Labute approximate surface area is 167 Å². The van der Waals surface area contributed by atoms with Gasteiger partial charge in [0.1, 0.15) is 5.56 Å². The van der Waals surface area contributed by atoms with E-state index in [1.165, 1.54) is 24.3 Å². The molecular weight excluding hydrogens is 378 g/mol. The third kappa shape index (κ3) is 5.61. The number of carbonyl (C=O) groups is 3. The zero-order valence-electron chi connectivity index (χ0n) is 16.1. The molecule has 0 radical (unpaired) electrons. The van der Waals surface area contributed by atoms with Gasteiger partial charge in [-0.25, -0.2) is 4.79 Å². The molecule has 9 nitrogen and oxygen atoms in total. The molecule has 0 aliphatic heterocycles. The number of anilines is 1. The maximum Gasteiger partial charge on any atom is 0.345 e. The van der Waals surface area contributed by atoms with E-state index in [9.17, 15) is 24.5 Å². The SMILES string of the molecule is CCN(CC)C(=O)c1ccc(NC(=O)COC(=O)c2ccccc2[N+](=O)[O-])cc1. The predicted molar refractivity (Wildman–Crippen MR) is 106 cm³/mol. The molecule has 0 fully saturated rings. The van der Waals surface area contributed by atoms with Crippen molar-refractivity contribution >= 4 is 29.2 Å². The minimum atomic E-state index is -0.965. The fourth-order valence-electron chi connectivity index (χ4n) is 2.60. The Hall–Kier alpha value is -3.75. The molecule has 2 rings (SSSR count). The van der Waals surface area contributed by atoms with Gasteiger partial charge in [-0.15, -0.1) is 0 Å². The van der Waals surface area contributed by atoms with Gasteiger partial charge in [-0.1, -0.05) is 12.1 Å². The topological polar surface area (TPSA) is 119 Å². The lowest BCUT2D eigenvalue weighted by atomic mass is 10.1. The summed E-state index contributed by atoms with van der Waals surface area (Å²) >= 11 is 0. The maximum atomic E-state index is 12.3. The maximum absolute atomic E-state index is 12.3. The van der Waals surface area contributed by atoms with E-state index >= 15 is 0 Å². The van der Waals surface area contributed by atoms with Crippen LogP contribution in [0.2, 0.25) is 0 Å². The molecule has 9 heteroatoms. The Morgan fingerprint density at radius 1 is 1.03 bits per heavy atom. The van der Waals surface area contributed by atoms with Crippen LogP contribution in [-0.4, -0.2) is 47.3 Å². The monoisotopic (exact) mass is 399 g/mol. The molecule has 2 amide bonds. The van der Waals surface area contributed by atoms with Crippen molar-refractivity contribution in [3.63, 3.8) is 0 Å². The minimum absolute atomic E-state index is 0.105. The first-order valence-electron chi connectivity index (χ1n) is 8.97. The van der Waals surface area contributed by atoms with Crippen molar-refractivity contribution in [1.29, 1.82) is 0 Å². The highest BCUT2D eigenvalue weighted by Crippen LogP contribution is 2.18. The van der Waals surface area contributed by atoms with Gasteiger partial charge in [-0.3, -0.25) is 19.7 Å². The van der Waals surface area contributed by atoms with Crippen LogP contribution in [-0.2, 0) is 9.53 Å². The first-order valence-corrected chi connectivity index (χ1v) is 8.97. The van der Waals surface area contributed by atoms with Crippen LogP contribution in [0, 0.1) is 10.1 Å². The van der Waals surface area contributed by atoms with Crippen LogP contribution >= 0.6 is 0 Å². The summed E-state index contributed by atoms with van der Waals surface area (Å²) in [4.78, 5) is 48.2. The van der Waals surface area contributed by atoms with Crippen LogP contribution in [0.3, 0.4) is 0 Å². The standard InChI is InChI=1S/C20H21N3O6/c1-3-22(4-2)19(25)14-9-11-15(12-10-14)21-18(24)13-29-20(26)16-7-5-6-8-17(16)23(27)28/h5-12H,3-4,13H2,1-2H3,(H,21,24). The van der Waals surface area contributed by atoms with Crippen LogP contribution in [0.4, 0.5) is 11.4 Å². The van der Waals surface area contributed by atoms with Gasteiger partial charge in [0.2, 0.25) is 0 Å². The Morgan fingerprint density at radius 3 is 2.24 bits per heavy atom. The van der Waals surface area contributed by atoms with E-state index in [-0.39, 0.29) is 11.5 Å². The number of nitrogens with zero attached hydrogens (tertiary/aromatic N) is 2. The molecule has 29 heavy (non-hydrogen) atoms. The van der Waals surface area contributed by atoms with Crippen molar-refractivity contribution in [2.75, 3.05) is 25.0 Å². The molecule has 2 aromatic rings. The van der Waals surface area contributed by atoms with Crippen LogP contribution < -0.4 is 5.32 Å². The number of carbonyl (C=O) groups excluding carboxylic acids is 3. The molecule has 0 aliphatic carbocycles. The van der Waals surface area contributed by atoms with Gasteiger partial charge in [-0.05, 0) is 44.2 Å². The molecule has 2 aromatic carbocycles. The smallest absolute Gasteiger partial charge is 0.345 e. The summed E-state index contributed by atoms with van der Waals surface area (Å²) in [6.45, 7) is 4.37. The second-order valence-corrected chi connectivity index (χ2v) is 5.95. The number of hydrogen-bond donors (Lipinski definition) is 1. The quantitative estimate of drug-likeness (QED) is 0.414. The molecule has 0 saturated carbocycles. The summed E-state index contributed by atoms with van der Waals surface area (Å²) < 4.78 is 4.86. The van der Waals surface area contributed by atoms with E-state index < -0.39 is 29.1 Å². The number of amides is 2. The van der Waals surface area contributed by atoms with Crippen LogP contribution in [0.1, 0.15) is 34.6 Å². The Morgan fingerprint density at radius 2 is 1.66 bits per heavy atom. The van der Waals surface area contributed by atoms with Crippen LogP contribution in [0.25, 0.3) is 0 Å². The Kier molecular flexibility index (Phi) is 7.41. The molecule has 0 bridgehead atoms. The first-order chi connectivity index (χ1) is 13.9. The average molecular weight is 399 g/mol. The highest BCUT2D eigenvalue weighted by Gasteiger charge is 2.21. The summed E-state index contributed by atoms with van der Waals surface area (Å²) in [5.74, 6) is -1.68. The second-order valence-electron chi connectivity index (χ2n) is 5.95. The fraction of sp³-hybridized carbons (Fsp3) is 0.250. The second kappa shape index (κ2) is 9.98. The molecule has 0 spiro atoms. The summed E-state index contributed by atoms with van der Waals surface area (Å²) in [6.07, 6.45) is 0. The number of esters is 1. The van der Waals surface area contributed by atoms with E-state index in [1.54, 1.807) is 29.2 Å². The number of benzene rings is 2. The van der Waals surface area contributed by atoms with Gasteiger partial charge in [0.05, 0.1) is 4.92 Å². The van der Waals surface area contributed by atoms with E-state index in [2.05, 4.69) is 5.32 Å². The molecule has 0 aliphatic rings. The van der Waals surface area contributed by atoms with Gasteiger partial charge in [0.15, 0.2) is 6.61 Å². The Balaban J connectivity index is 1.94. The van der Waals surface area contributed by atoms with Gasteiger partial charge >= 0.3 is 5.97 Å². The number of nitro benzene ring substituents is 1. The summed E-state index contributed by atoms with van der Waals surface area (Å²) in [5.41, 5.74) is 0.290. The van der Waals surface area contributed by atoms with Crippen molar-refractivity contribution in [2.45, 2.75) is 13.8 Å². The predicted octanol–water partition coefficient (Wildman–Crippen LogP) is 2.87. The highest BCUT2D eigenvalue weighted by atomic mass is 16.6. The summed E-state index contributed by atoms with van der Waals surface area (Å²) in [6, 6.07) is 11.6. The first kappa shape index (κ1) is 21.5. The van der Waals surface area contributed by atoms with Gasteiger partial charge in [0.25, 0.3) is 17.5 Å².